The normalized spacial score (nSPS) is 27.5. The van der Waals surface area contributed by atoms with Crippen molar-refractivity contribution in [2.45, 2.75) is 248 Å². The molecule has 13 heteroatoms. The zero-order valence-electron chi connectivity index (χ0n) is 35.6. The van der Waals surface area contributed by atoms with Crippen LogP contribution in [0.5, 0.6) is 0 Å². The number of aliphatic hydroxyl groups excluding tert-OH is 6. The van der Waals surface area contributed by atoms with Gasteiger partial charge in [-0.2, -0.15) is 0 Å². The number of carbonyl (C=O) groups excluding carboxylic acids is 2. The summed E-state index contributed by atoms with van der Waals surface area (Å²) in [6, 6.07) is 0. The summed E-state index contributed by atoms with van der Waals surface area (Å²) in [5.74, 6) is -3.45. The van der Waals surface area contributed by atoms with Crippen LogP contribution in [0.4, 0.5) is 0 Å². The first-order chi connectivity index (χ1) is 27.6. The van der Waals surface area contributed by atoms with Crippen LogP contribution in [-0.4, -0.2) is 117 Å². The van der Waals surface area contributed by atoms with Crippen LogP contribution in [0.3, 0.4) is 0 Å². The topological polar surface area (TPSA) is 202 Å². The van der Waals surface area contributed by atoms with Gasteiger partial charge in [0.05, 0.1) is 6.61 Å². The van der Waals surface area contributed by atoms with Crippen LogP contribution in [0.25, 0.3) is 0 Å². The lowest BCUT2D eigenvalue weighted by atomic mass is 9.98. The molecule has 57 heavy (non-hydrogen) atoms. The van der Waals surface area contributed by atoms with E-state index < -0.39 is 86.6 Å². The van der Waals surface area contributed by atoms with Crippen LogP contribution in [-0.2, 0) is 33.3 Å². The summed E-state index contributed by atoms with van der Waals surface area (Å²) in [7, 11) is 0. The van der Waals surface area contributed by atoms with Gasteiger partial charge >= 0.3 is 11.9 Å². The van der Waals surface area contributed by atoms with Gasteiger partial charge in [0.1, 0.15) is 49.8 Å². The number of rotatable bonds is 35. The Morgan fingerprint density at radius 3 is 1.37 bits per heavy atom. The Morgan fingerprint density at radius 2 is 0.947 bits per heavy atom. The van der Waals surface area contributed by atoms with Gasteiger partial charge in [0, 0.05) is 12.8 Å². The van der Waals surface area contributed by atoms with Crippen molar-refractivity contribution in [1.29, 1.82) is 0 Å². The predicted octanol–water partition coefficient (Wildman–Crippen LogP) is 6.67. The van der Waals surface area contributed by atoms with Gasteiger partial charge in [-0.15, -0.1) is 0 Å². The van der Waals surface area contributed by atoms with E-state index in [-0.39, 0.29) is 12.8 Å². The third kappa shape index (κ3) is 20.1. The van der Waals surface area contributed by atoms with Crippen molar-refractivity contribution >= 4 is 11.9 Å². The van der Waals surface area contributed by atoms with E-state index in [1.165, 1.54) is 109 Å². The van der Waals surface area contributed by atoms with Gasteiger partial charge in [0.15, 0.2) is 12.4 Å². The molecular formula is C44H82O13. The van der Waals surface area contributed by atoms with Crippen LogP contribution in [0.15, 0.2) is 0 Å². The van der Waals surface area contributed by atoms with Gasteiger partial charge in [0.25, 0.3) is 0 Å². The highest BCUT2D eigenvalue weighted by Gasteiger charge is 2.61. The molecular weight excluding hydrogens is 736 g/mol. The first-order valence-corrected chi connectivity index (χ1v) is 22.9. The van der Waals surface area contributed by atoms with E-state index in [0.29, 0.717) is 12.8 Å². The molecule has 0 bridgehead atoms. The molecule has 6 N–H and O–H groups in total. The van der Waals surface area contributed by atoms with Gasteiger partial charge < -0.3 is 54.3 Å². The Morgan fingerprint density at radius 1 is 0.526 bits per heavy atom. The second-order valence-electron chi connectivity index (χ2n) is 16.5. The average Bonchev–Trinajstić information content (AvgIpc) is 3.47. The summed E-state index contributed by atoms with van der Waals surface area (Å²) in [5.41, 5.74) is 0. The van der Waals surface area contributed by atoms with Crippen molar-refractivity contribution in [2.24, 2.45) is 0 Å². The molecule has 0 saturated carbocycles. The monoisotopic (exact) mass is 819 g/mol. The van der Waals surface area contributed by atoms with Crippen LogP contribution >= 0.6 is 0 Å². The fraction of sp³-hybridized carbons (Fsp3) is 0.955. The summed E-state index contributed by atoms with van der Waals surface area (Å²) in [6.45, 7) is 2.32. The van der Waals surface area contributed by atoms with Crippen molar-refractivity contribution in [3.63, 3.8) is 0 Å². The first-order valence-electron chi connectivity index (χ1n) is 22.9. The Bertz CT molecular complexity index is 1020. The van der Waals surface area contributed by atoms with E-state index >= 15 is 0 Å². The van der Waals surface area contributed by atoms with Gasteiger partial charge in [-0.3, -0.25) is 9.59 Å². The maximum Gasteiger partial charge on any atom is 0.306 e. The lowest BCUT2D eigenvalue weighted by molar-refractivity contribution is -0.383. The minimum Gasteiger partial charge on any atom is -0.463 e. The number of hydrogen-bond donors (Lipinski definition) is 6. The molecule has 0 radical (unpaired) electrons. The van der Waals surface area contributed by atoms with Gasteiger partial charge in [-0.05, 0) is 12.8 Å². The maximum atomic E-state index is 12.9. The number of esters is 2. The molecule has 2 heterocycles. The first kappa shape index (κ1) is 51.7. The highest BCUT2D eigenvalue weighted by atomic mass is 16.8. The zero-order chi connectivity index (χ0) is 41.7. The quantitative estimate of drug-likeness (QED) is 0.0293. The number of aliphatic hydroxyl groups is 6. The number of unbranched alkanes of at least 4 members (excludes halogenated alkanes) is 24. The third-order valence-electron chi connectivity index (χ3n) is 11.5. The highest BCUT2D eigenvalue weighted by Crippen LogP contribution is 2.38. The van der Waals surface area contributed by atoms with E-state index in [0.717, 1.165) is 44.9 Å². The molecule has 9 atom stereocenters. The molecule has 0 aromatic heterocycles. The van der Waals surface area contributed by atoms with Gasteiger partial charge in [-0.1, -0.05) is 168 Å². The number of hydrogen-bond acceptors (Lipinski definition) is 13. The molecule has 2 fully saturated rings. The Hall–Kier alpha value is -1.42. The molecule has 13 nitrogen and oxygen atoms in total. The lowest BCUT2D eigenvalue weighted by Crippen LogP contribution is -2.63. The number of carbonyl (C=O) groups is 2. The lowest BCUT2D eigenvalue weighted by Gasteiger charge is -2.43. The Labute approximate surface area is 343 Å². The van der Waals surface area contributed by atoms with E-state index in [1.807, 2.05) is 0 Å². The average molecular weight is 819 g/mol. The van der Waals surface area contributed by atoms with Crippen molar-refractivity contribution in [3.05, 3.63) is 0 Å². The van der Waals surface area contributed by atoms with Crippen LogP contribution in [0.2, 0.25) is 0 Å². The molecule has 0 amide bonds. The van der Waals surface area contributed by atoms with E-state index in [2.05, 4.69) is 13.8 Å². The van der Waals surface area contributed by atoms with Gasteiger partial charge in [-0.25, -0.2) is 0 Å². The largest absolute Gasteiger partial charge is 0.463 e. The minimum atomic E-state index is -2.29. The predicted molar refractivity (Wildman–Crippen MR) is 217 cm³/mol. The molecule has 0 aliphatic carbocycles. The summed E-state index contributed by atoms with van der Waals surface area (Å²) in [5, 5.41) is 63.3. The van der Waals surface area contributed by atoms with E-state index in [4.69, 9.17) is 23.7 Å². The second kappa shape index (κ2) is 31.5. The second-order valence-corrected chi connectivity index (χ2v) is 16.5. The zero-order valence-corrected chi connectivity index (χ0v) is 35.6. The van der Waals surface area contributed by atoms with E-state index in [9.17, 15) is 40.2 Å². The summed E-state index contributed by atoms with van der Waals surface area (Å²) in [4.78, 5) is 25.4. The van der Waals surface area contributed by atoms with Crippen molar-refractivity contribution in [2.75, 3.05) is 19.8 Å². The molecule has 0 aromatic carbocycles. The van der Waals surface area contributed by atoms with Crippen LogP contribution in [0, 0.1) is 0 Å². The number of ether oxygens (including phenoxy) is 5. The Balaban J connectivity index is 1.76. The fourth-order valence-electron chi connectivity index (χ4n) is 7.78. The smallest absolute Gasteiger partial charge is 0.306 e. The summed E-state index contributed by atoms with van der Waals surface area (Å²) < 4.78 is 28.2. The minimum absolute atomic E-state index is 0.0481. The molecule has 0 aromatic rings. The van der Waals surface area contributed by atoms with Crippen LogP contribution < -0.4 is 0 Å². The highest BCUT2D eigenvalue weighted by molar-refractivity contribution is 5.70. The summed E-state index contributed by atoms with van der Waals surface area (Å²) >= 11 is 0. The maximum absolute atomic E-state index is 12.9. The SMILES string of the molecule is CCCCCCCCCCCCCCCC(=O)OC[C@H]1O[C@H](O[C@]2(CO)O[C@H](CO)[C@@H](O)[C@@H]2OC(=O)CCCCCCCCCCCCCCC)[C@H](O)[C@@H](O)[C@@H]1O. The molecule has 0 spiro atoms. The molecule has 2 aliphatic heterocycles. The van der Waals surface area contributed by atoms with E-state index in [1.54, 1.807) is 0 Å². The van der Waals surface area contributed by atoms with Crippen molar-refractivity contribution < 1.29 is 63.9 Å². The molecule has 2 saturated heterocycles. The Kier molecular flexibility index (Phi) is 28.5. The third-order valence-corrected chi connectivity index (χ3v) is 11.5. The summed E-state index contributed by atoms with van der Waals surface area (Å²) in [6.07, 6.45) is 17.5. The molecule has 2 rings (SSSR count). The molecule has 336 valence electrons. The van der Waals surface area contributed by atoms with Crippen molar-refractivity contribution in [3.8, 4) is 0 Å². The van der Waals surface area contributed by atoms with Gasteiger partial charge in [0.2, 0.25) is 5.79 Å². The van der Waals surface area contributed by atoms with Crippen molar-refractivity contribution in [1.82, 2.24) is 0 Å². The standard InChI is InChI=1S/C44H82O13/c1-3-5-7-9-11-13-15-17-19-21-23-25-27-29-36(47)53-32-35-38(49)40(51)41(52)43(54-35)57-44(33-46)42(39(50)34(31-45)56-44)55-37(48)30-28-26-24-22-20-18-16-14-12-10-8-6-4-2/h34-35,38-43,45-46,49-52H,3-33H2,1-2H3/t34-,35-,38-,39-,40+,41-,42+,43-,44+/m1/s1. The molecule has 0 unspecified atom stereocenters. The van der Waals surface area contributed by atoms with Crippen LogP contribution in [0.1, 0.15) is 194 Å². The fourth-order valence-corrected chi connectivity index (χ4v) is 7.78. The molecule has 2 aliphatic rings.